The zero-order valence-corrected chi connectivity index (χ0v) is 15.6. The van der Waals surface area contributed by atoms with Gasteiger partial charge in [0.25, 0.3) is 5.91 Å². The van der Waals surface area contributed by atoms with E-state index < -0.39 is 12.9 Å². The van der Waals surface area contributed by atoms with Crippen molar-refractivity contribution in [2.45, 2.75) is 18.9 Å². The first-order valence-corrected chi connectivity index (χ1v) is 8.83. The molecule has 9 nitrogen and oxygen atoms in total. The first-order chi connectivity index (χ1) is 14.7. The third-order valence-electron chi connectivity index (χ3n) is 4.27. The van der Waals surface area contributed by atoms with E-state index in [-0.39, 0.29) is 16.5 Å². The molecule has 2 N–H and O–H groups in total. The third-order valence-corrected chi connectivity index (χ3v) is 4.45. The number of carbonyl (C=O) groups is 1. The summed E-state index contributed by atoms with van der Waals surface area (Å²) in [4.78, 5) is 16.8. The third kappa shape index (κ3) is 3.48. The highest BCUT2D eigenvalue weighted by molar-refractivity contribution is 6.29. The van der Waals surface area contributed by atoms with Crippen LogP contribution in [0.2, 0.25) is 5.15 Å². The predicted octanol–water partition coefficient (Wildman–Crippen LogP) is 2.84. The van der Waals surface area contributed by atoms with Gasteiger partial charge in [-0.2, -0.15) is 5.10 Å². The van der Waals surface area contributed by atoms with Gasteiger partial charge in [-0.1, -0.05) is 11.6 Å². The lowest BCUT2D eigenvalue weighted by atomic mass is 10.2. The van der Waals surface area contributed by atoms with E-state index in [2.05, 4.69) is 25.6 Å². The van der Waals surface area contributed by atoms with Gasteiger partial charge in [0.1, 0.15) is 5.69 Å². The first-order valence-electron chi connectivity index (χ1n) is 9.95. The van der Waals surface area contributed by atoms with Gasteiger partial charge in [0.05, 0.1) is 30.7 Å². The standard InChI is InChI=1S/C18H18ClN7O2/c1-20-18(27)16-13(7-14(19)24-25-16)23-12-5-6-21-15(17(12)28-2)10-8-22-26(9-10)11-3-4-11/h5-9,11H,3-4H2,1-2H3,(H,20,27)(H,21,23,24)/i1D3. The number of carbonyl (C=O) groups excluding carboxylic acids is 1. The van der Waals surface area contributed by atoms with Gasteiger partial charge in [-0.25, -0.2) is 0 Å². The molecule has 0 atom stereocenters. The van der Waals surface area contributed by atoms with Crippen LogP contribution in [0, 0.1) is 0 Å². The molecule has 4 rings (SSSR count). The normalized spacial score (nSPS) is 15.3. The zero-order valence-electron chi connectivity index (χ0n) is 17.8. The maximum atomic E-state index is 12.4. The molecule has 3 aromatic heterocycles. The van der Waals surface area contributed by atoms with Crippen molar-refractivity contribution in [2.24, 2.45) is 0 Å². The molecule has 144 valence electrons. The molecule has 0 aromatic carbocycles. The van der Waals surface area contributed by atoms with Crippen molar-refractivity contribution in [2.75, 3.05) is 19.4 Å². The van der Waals surface area contributed by atoms with Crippen molar-refractivity contribution in [3.8, 4) is 17.0 Å². The average Bonchev–Trinajstić information content (AvgIpc) is 3.43. The van der Waals surface area contributed by atoms with Crippen LogP contribution in [0.3, 0.4) is 0 Å². The Morgan fingerprint density at radius 2 is 2.25 bits per heavy atom. The number of rotatable bonds is 6. The van der Waals surface area contributed by atoms with Crippen LogP contribution >= 0.6 is 11.6 Å². The highest BCUT2D eigenvalue weighted by Gasteiger charge is 2.25. The Balaban J connectivity index is 1.69. The lowest BCUT2D eigenvalue weighted by Crippen LogP contribution is -2.21. The molecule has 1 aliphatic rings. The monoisotopic (exact) mass is 402 g/mol. The number of halogens is 1. The molecule has 10 heteroatoms. The van der Waals surface area contributed by atoms with E-state index >= 15 is 0 Å². The van der Waals surface area contributed by atoms with Gasteiger partial charge in [0, 0.05) is 35.1 Å². The van der Waals surface area contributed by atoms with Gasteiger partial charge in [-0.3, -0.25) is 14.5 Å². The van der Waals surface area contributed by atoms with Crippen molar-refractivity contribution >= 4 is 28.9 Å². The van der Waals surface area contributed by atoms with E-state index in [0.717, 1.165) is 18.4 Å². The van der Waals surface area contributed by atoms with Crippen molar-refractivity contribution in [1.82, 2.24) is 30.3 Å². The van der Waals surface area contributed by atoms with Gasteiger partial charge in [0.15, 0.2) is 16.6 Å². The van der Waals surface area contributed by atoms with E-state index in [1.807, 2.05) is 16.2 Å². The Morgan fingerprint density at radius 3 is 3.00 bits per heavy atom. The summed E-state index contributed by atoms with van der Waals surface area (Å²) in [7, 11) is 1.50. The quantitative estimate of drug-likeness (QED) is 0.652. The van der Waals surface area contributed by atoms with E-state index in [9.17, 15) is 4.79 Å². The summed E-state index contributed by atoms with van der Waals surface area (Å²) in [6, 6.07) is 3.44. The molecule has 0 unspecified atom stereocenters. The minimum absolute atomic E-state index is 0.0203. The number of nitrogens with zero attached hydrogens (tertiary/aromatic N) is 5. The first kappa shape index (κ1) is 14.8. The van der Waals surface area contributed by atoms with Crippen molar-refractivity contribution in [3.63, 3.8) is 0 Å². The molecular formula is C18H18ClN7O2. The number of nitrogens with one attached hydrogen (secondary N) is 2. The maximum Gasteiger partial charge on any atom is 0.273 e. The van der Waals surface area contributed by atoms with Crippen molar-refractivity contribution < 1.29 is 13.6 Å². The molecule has 3 heterocycles. The summed E-state index contributed by atoms with van der Waals surface area (Å²) in [5, 5.41) is 16.7. The van der Waals surface area contributed by atoms with E-state index in [0.29, 0.717) is 23.2 Å². The van der Waals surface area contributed by atoms with Gasteiger partial charge in [-0.05, 0) is 18.9 Å². The smallest absolute Gasteiger partial charge is 0.273 e. The van der Waals surface area contributed by atoms with E-state index in [4.69, 9.17) is 20.5 Å². The Morgan fingerprint density at radius 1 is 1.39 bits per heavy atom. The number of hydrogen-bond donors (Lipinski definition) is 2. The molecule has 0 radical (unpaired) electrons. The van der Waals surface area contributed by atoms with Crippen molar-refractivity contribution in [1.29, 1.82) is 0 Å². The topological polar surface area (TPSA) is 107 Å². The molecule has 0 spiro atoms. The van der Waals surface area contributed by atoms with Crippen LogP contribution in [0.1, 0.15) is 33.5 Å². The average molecular weight is 403 g/mol. The fraction of sp³-hybridized carbons (Fsp3) is 0.278. The largest absolute Gasteiger partial charge is 0.492 e. The Bertz CT molecular complexity index is 1130. The molecule has 1 amide bonds. The van der Waals surface area contributed by atoms with Crippen LogP contribution in [0.5, 0.6) is 5.75 Å². The lowest BCUT2D eigenvalue weighted by molar-refractivity contribution is 0.0958. The van der Waals surface area contributed by atoms with Crippen LogP contribution in [0.4, 0.5) is 11.4 Å². The number of anilines is 2. The van der Waals surface area contributed by atoms with Gasteiger partial charge >= 0.3 is 0 Å². The van der Waals surface area contributed by atoms with Gasteiger partial charge in [-0.15, -0.1) is 10.2 Å². The molecule has 28 heavy (non-hydrogen) atoms. The Labute approximate surface area is 170 Å². The van der Waals surface area contributed by atoms with Crippen molar-refractivity contribution in [3.05, 3.63) is 41.6 Å². The van der Waals surface area contributed by atoms with Crippen LogP contribution in [0.15, 0.2) is 30.7 Å². The fourth-order valence-corrected chi connectivity index (χ4v) is 2.94. The highest BCUT2D eigenvalue weighted by Crippen LogP contribution is 2.39. The Kier molecular flexibility index (Phi) is 3.93. The van der Waals surface area contributed by atoms with Crippen LogP contribution in [0.25, 0.3) is 11.3 Å². The van der Waals surface area contributed by atoms with Crippen LogP contribution in [-0.2, 0) is 0 Å². The minimum Gasteiger partial charge on any atom is -0.492 e. The molecule has 1 saturated carbocycles. The SMILES string of the molecule is [2H]C([2H])([2H])NC(=O)c1nnc(Cl)cc1Nc1ccnc(-c2cnn(C3CC3)c2)c1OC. The summed E-state index contributed by atoms with van der Waals surface area (Å²) in [5.41, 5.74) is 1.73. The Hall–Kier alpha value is -3.20. The second kappa shape index (κ2) is 7.43. The molecular weight excluding hydrogens is 382 g/mol. The number of amides is 1. The summed E-state index contributed by atoms with van der Waals surface area (Å²) in [6.07, 6.45) is 7.40. The molecule has 0 aliphatic heterocycles. The highest BCUT2D eigenvalue weighted by atomic mass is 35.5. The number of methoxy groups -OCH3 is 1. The minimum atomic E-state index is -2.68. The molecule has 0 saturated heterocycles. The zero-order chi connectivity index (χ0) is 22.2. The van der Waals surface area contributed by atoms with Crippen LogP contribution < -0.4 is 15.4 Å². The predicted molar refractivity (Wildman–Crippen MR) is 104 cm³/mol. The molecule has 0 bridgehead atoms. The fourth-order valence-electron chi connectivity index (χ4n) is 2.79. The van der Waals surface area contributed by atoms with Gasteiger partial charge in [0.2, 0.25) is 0 Å². The van der Waals surface area contributed by atoms with Gasteiger partial charge < -0.3 is 15.4 Å². The molecule has 1 aliphatic carbocycles. The summed E-state index contributed by atoms with van der Waals surface area (Å²) >= 11 is 5.95. The number of pyridine rings is 1. The lowest BCUT2D eigenvalue weighted by Gasteiger charge is -2.15. The summed E-state index contributed by atoms with van der Waals surface area (Å²) in [6.45, 7) is -2.68. The molecule has 1 fully saturated rings. The number of ether oxygens (including phenoxy) is 1. The second-order valence-electron chi connectivity index (χ2n) is 6.19. The summed E-state index contributed by atoms with van der Waals surface area (Å²) in [5.74, 6) is -0.515. The maximum absolute atomic E-state index is 12.4. The van der Waals surface area contributed by atoms with E-state index in [1.165, 1.54) is 13.2 Å². The van der Waals surface area contributed by atoms with Crippen LogP contribution in [-0.4, -0.2) is 45.0 Å². The second-order valence-corrected chi connectivity index (χ2v) is 6.58. The van der Waals surface area contributed by atoms with E-state index in [1.54, 1.807) is 18.5 Å². The number of hydrogen-bond acceptors (Lipinski definition) is 7. The summed E-state index contributed by atoms with van der Waals surface area (Å²) < 4.78 is 29.2. The molecule has 3 aromatic rings. The number of aromatic nitrogens is 5.